The van der Waals surface area contributed by atoms with Gasteiger partial charge in [-0.15, -0.1) is 21.5 Å². The second kappa shape index (κ2) is 7.46. The van der Waals surface area contributed by atoms with Crippen LogP contribution in [0, 0.1) is 5.82 Å². The maximum atomic E-state index is 13.0. The van der Waals surface area contributed by atoms with Gasteiger partial charge >= 0.3 is 6.18 Å². The lowest BCUT2D eigenvalue weighted by Gasteiger charge is -2.32. The smallest absolute Gasteiger partial charge is 0.354 e. The third-order valence-electron chi connectivity index (χ3n) is 4.70. The Balaban J connectivity index is 1.48. The number of halogens is 4. The molecule has 1 aliphatic heterocycles. The number of anilines is 1. The largest absolute Gasteiger partial charge is 0.434 e. The summed E-state index contributed by atoms with van der Waals surface area (Å²) in [6.07, 6.45) is -2.78. The van der Waals surface area contributed by atoms with Crippen LogP contribution in [0.15, 0.2) is 41.8 Å². The first kappa shape index (κ1) is 18.8. The Hall–Kier alpha value is -2.55. The zero-order chi connectivity index (χ0) is 19.7. The van der Waals surface area contributed by atoms with Crippen LogP contribution in [0.4, 0.5) is 23.4 Å². The molecule has 1 aliphatic rings. The van der Waals surface area contributed by atoms with Crippen molar-refractivity contribution in [1.29, 1.82) is 0 Å². The van der Waals surface area contributed by atoms with Gasteiger partial charge in [0.15, 0.2) is 11.5 Å². The van der Waals surface area contributed by atoms with Crippen LogP contribution >= 0.6 is 11.3 Å². The molecule has 0 N–H and O–H groups in total. The molecular formula is C19H16F4N4S. The van der Waals surface area contributed by atoms with E-state index in [0.29, 0.717) is 23.1 Å². The topological polar surface area (TPSA) is 41.9 Å². The second-order valence-electron chi connectivity index (χ2n) is 6.64. The molecule has 0 amide bonds. The van der Waals surface area contributed by atoms with Crippen LogP contribution in [0.25, 0.3) is 11.3 Å². The standard InChI is InChI=1S/C19H16F4N4S/c20-14-5-3-12(4-6-14)15-7-8-17(26-25-15)27-9-1-2-13(10-27)18-24-16(11-28-18)19(21,22)23/h3-8,11,13H,1-2,9-10H2. The quantitative estimate of drug-likeness (QED) is 0.563. The molecule has 0 bridgehead atoms. The molecule has 1 fully saturated rings. The molecule has 1 atom stereocenters. The summed E-state index contributed by atoms with van der Waals surface area (Å²) >= 11 is 1.06. The molecule has 4 rings (SSSR count). The first-order chi connectivity index (χ1) is 13.4. The van der Waals surface area contributed by atoms with E-state index in [9.17, 15) is 17.6 Å². The predicted octanol–water partition coefficient (Wildman–Crippen LogP) is 5.14. The Morgan fingerprint density at radius 1 is 1.04 bits per heavy atom. The first-order valence-corrected chi connectivity index (χ1v) is 9.65. The van der Waals surface area contributed by atoms with Crippen LogP contribution in [0.3, 0.4) is 0 Å². The minimum Gasteiger partial charge on any atom is -0.354 e. The second-order valence-corrected chi connectivity index (χ2v) is 7.53. The summed E-state index contributed by atoms with van der Waals surface area (Å²) in [6.45, 7) is 1.31. The van der Waals surface area contributed by atoms with Gasteiger partial charge in [-0.2, -0.15) is 13.2 Å². The fraction of sp³-hybridized carbons (Fsp3) is 0.316. The monoisotopic (exact) mass is 408 g/mol. The van der Waals surface area contributed by atoms with E-state index in [1.54, 1.807) is 12.1 Å². The van der Waals surface area contributed by atoms with Crippen LogP contribution in [-0.2, 0) is 6.18 Å². The normalized spacial score (nSPS) is 17.7. The lowest BCUT2D eigenvalue weighted by atomic mass is 9.98. The molecule has 0 radical (unpaired) electrons. The molecule has 0 aliphatic carbocycles. The Morgan fingerprint density at radius 3 is 2.46 bits per heavy atom. The molecule has 9 heteroatoms. The van der Waals surface area contributed by atoms with Gasteiger partial charge in [0.1, 0.15) is 5.82 Å². The van der Waals surface area contributed by atoms with Crippen LogP contribution in [-0.4, -0.2) is 28.3 Å². The maximum Gasteiger partial charge on any atom is 0.434 e. The van der Waals surface area contributed by atoms with Gasteiger partial charge in [0.05, 0.1) is 10.7 Å². The molecule has 146 valence electrons. The highest BCUT2D eigenvalue weighted by Crippen LogP contribution is 2.35. The molecule has 1 aromatic carbocycles. The fourth-order valence-electron chi connectivity index (χ4n) is 3.26. The van der Waals surface area contributed by atoms with E-state index in [1.165, 1.54) is 12.1 Å². The van der Waals surface area contributed by atoms with Crippen molar-refractivity contribution in [3.8, 4) is 11.3 Å². The average molecular weight is 408 g/mol. The van der Waals surface area contributed by atoms with E-state index in [4.69, 9.17) is 0 Å². The van der Waals surface area contributed by atoms with Gasteiger partial charge in [-0.25, -0.2) is 9.37 Å². The van der Waals surface area contributed by atoms with Crippen molar-refractivity contribution in [1.82, 2.24) is 15.2 Å². The van der Waals surface area contributed by atoms with E-state index in [1.807, 2.05) is 17.0 Å². The van der Waals surface area contributed by atoms with Gasteiger partial charge in [0.25, 0.3) is 0 Å². The summed E-state index contributed by atoms with van der Waals surface area (Å²) in [4.78, 5) is 5.81. The van der Waals surface area contributed by atoms with Crippen LogP contribution in [0.1, 0.15) is 29.5 Å². The van der Waals surface area contributed by atoms with Crippen molar-refractivity contribution >= 4 is 17.2 Å². The summed E-state index contributed by atoms with van der Waals surface area (Å²) in [5.74, 6) is 0.292. The van der Waals surface area contributed by atoms with Crippen LogP contribution in [0.5, 0.6) is 0 Å². The van der Waals surface area contributed by atoms with Crippen molar-refractivity contribution in [2.45, 2.75) is 24.9 Å². The number of piperidine rings is 1. The lowest BCUT2D eigenvalue weighted by Crippen LogP contribution is -2.35. The summed E-state index contributed by atoms with van der Waals surface area (Å²) < 4.78 is 51.5. The molecule has 28 heavy (non-hydrogen) atoms. The fourth-order valence-corrected chi connectivity index (χ4v) is 4.22. The van der Waals surface area contributed by atoms with E-state index in [0.717, 1.165) is 41.7 Å². The molecule has 1 saturated heterocycles. The number of alkyl halides is 3. The van der Waals surface area contributed by atoms with Gasteiger partial charge in [0, 0.05) is 30.0 Å². The van der Waals surface area contributed by atoms with Gasteiger partial charge in [-0.3, -0.25) is 0 Å². The zero-order valence-electron chi connectivity index (χ0n) is 14.7. The van der Waals surface area contributed by atoms with Crippen molar-refractivity contribution < 1.29 is 17.6 Å². The van der Waals surface area contributed by atoms with E-state index < -0.39 is 11.9 Å². The van der Waals surface area contributed by atoms with Crippen molar-refractivity contribution in [2.24, 2.45) is 0 Å². The minimum atomic E-state index is -4.41. The van der Waals surface area contributed by atoms with E-state index in [-0.39, 0.29) is 11.7 Å². The van der Waals surface area contributed by atoms with Crippen LogP contribution < -0.4 is 4.90 Å². The van der Waals surface area contributed by atoms with Gasteiger partial charge < -0.3 is 4.90 Å². The first-order valence-electron chi connectivity index (χ1n) is 8.77. The van der Waals surface area contributed by atoms with Crippen molar-refractivity contribution in [2.75, 3.05) is 18.0 Å². The molecule has 2 aromatic heterocycles. The molecule has 0 spiro atoms. The predicted molar refractivity (Wildman–Crippen MR) is 98.7 cm³/mol. The molecule has 4 nitrogen and oxygen atoms in total. The summed E-state index contributed by atoms with van der Waals surface area (Å²) in [7, 11) is 0. The minimum absolute atomic E-state index is 0.0616. The van der Waals surface area contributed by atoms with Gasteiger partial charge in [-0.05, 0) is 49.2 Å². The third-order valence-corrected chi connectivity index (χ3v) is 5.70. The van der Waals surface area contributed by atoms with E-state index in [2.05, 4.69) is 15.2 Å². The molecule has 1 unspecified atom stereocenters. The van der Waals surface area contributed by atoms with Gasteiger partial charge in [0.2, 0.25) is 0 Å². The SMILES string of the molecule is Fc1ccc(-c2ccc(N3CCCC(c4nc(C(F)(F)F)cs4)C3)nn2)cc1. The number of aromatic nitrogens is 3. The Morgan fingerprint density at radius 2 is 1.82 bits per heavy atom. The Bertz CT molecular complexity index is 938. The van der Waals surface area contributed by atoms with Crippen LogP contribution in [0.2, 0.25) is 0 Å². The third kappa shape index (κ3) is 3.99. The highest BCUT2D eigenvalue weighted by atomic mass is 32.1. The highest BCUT2D eigenvalue weighted by Gasteiger charge is 2.35. The lowest BCUT2D eigenvalue weighted by molar-refractivity contribution is -0.140. The van der Waals surface area contributed by atoms with Gasteiger partial charge in [-0.1, -0.05) is 0 Å². The number of rotatable bonds is 3. The number of hydrogen-bond donors (Lipinski definition) is 0. The maximum absolute atomic E-state index is 13.0. The number of benzene rings is 1. The molecular weight excluding hydrogens is 392 g/mol. The van der Waals surface area contributed by atoms with E-state index >= 15 is 0 Å². The summed E-state index contributed by atoms with van der Waals surface area (Å²) in [6, 6.07) is 9.64. The highest BCUT2D eigenvalue weighted by molar-refractivity contribution is 7.09. The number of nitrogens with zero attached hydrogens (tertiary/aromatic N) is 4. The number of thiazole rings is 1. The van der Waals surface area contributed by atoms with Crippen molar-refractivity contribution in [3.63, 3.8) is 0 Å². The molecule has 3 heterocycles. The average Bonchev–Trinajstić information content (AvgIpc) is 3.20. The Kier molecular flexibility index (Phi) is 5.01. The van der Waals surface area contributed by atoms with Crippen molar-refractivity contribution in [3.05, 3.63) is 58.3 Å². The summed E-state index contributed by atoms with van der Waals surface area (Å²) in [5, 5.41) is 10.1. The molecule has 3 aromatic rings. The zero-order valence-corrected chi connectivity index (χ0v) is 15.5. The Labute approximate surface area is 162 Å². The number of hydrogen-bond acceptors (Lipinski definition) is 5. The summed E-state index contributed by atoms with van der Waals surface area (Å²) in [5.41, 5.74) is 0.569. The molecule has 0 saturated carbocycles.